The third kappa shape index (κ3) is 3.97. The Balaban J connectivity index is 1.81. The highest BCUT2D eigenvalue weighted by atomic mass is 16.5. The molecule has 20 heavy (non-hydrogen) atoms. The summed E-state index contributed by atoms with van der Waals surface area (Å²) in [7, 11) is 0. The number of carbonyl (C=O) groups excluding carboxylic acids is 1. The van der Waals surface area contributed by atoms with Gasteiger partial charge in [-0.05, 0) is 44.0 Å². The average molecular weight is 276 g/mol. The van der Waals surface area contributed by atoms with Crippen LogP contribution in [0.1, 0.15) is 24.5 Å². The molecule has 0 bridgehead atoms. The molecule has 1 atom stereocenters. The SMILES string of the molecule is Cc1cc(C)cc(OCCC(=O)N2CCNC[C@@H]2C)c1. The van der Waals surface area contributed by atoms with Crippen LogP contribution in [0.25, 0.3) is 0 Å². The van der Waals surface area contributed by atoms with Gasteiger partial charge in [-0.15, -0.1) is 0 Å². The minimum atomic E-state index is 0.184. The van der Waals surface area contributed by atoms with E-state index in [-0.39, 0.29) is 11.9 Å². The second-order valence-corrected chi connectivity index (χ2v) is 5.56. The summed E-state index contributed by atoms with van der Waals surface area (Å²) >= 11 is 0. The van der Waals surface area contributed by atoms with Crippen LogP contribution in [0.3, 0.4) is 0 Å². The largest absolute Gasteiger partial charge is 0.493 e. The molecule has 1 aromatic carbocycles. The quantitative estimate of drug-likeness (QED) is 0.913. The van der Waals surface area contributed by atoms with E-state index >= 15 is 0 Å². The molecule has 1 aliphatic rings. The number of hydrogen-bond donors (Lipinski definition) is 1. The molecule has 0 unspecified atom stereocenters. The second kappa shape index (κ2) is 6.75. The van der Waals surface area contributed by atoms with Crippen LogP contribution >= 0.6 is 0 Å². The van der Waals surface area contributed by atoms with Gasteiger partial charge in [0.2, 0.25) is 5.91 Å². The molecule has 0 aliphatic carbocycles. The summed E-state index contributed by atoms with van der Waals surface area (Å²) in [5, 5.41) is 3.29. The Morgan fingerprint density at radius 1 is 1.35 bits per heavy atom. The minimum absolute atomic E-state index is 0.184. The molecule has 1 saturated heterocycles. The third-order valence-electron chi connectivity index (χ3n) is 3.60. The van der Waals surface area contributed by atoms with Crippen LogP contribution in [-0.4, -0.2) is 43.1 Å². The van der Waals surface area contributed by atoms with Crippen LogP contribution in [-0.2, 0) is 4.79 Å². The molecule has 4 nitrogen and oxygen atoms in total. The molecule has 0 spiro atoms. The highest BCUT2D eigenvalue weighted by molar-refractivity contribution is 5.76. The van der Waals surface area contributed by atoms with Crippen molar-refractivity contribution in [1.29, 1.82) is 0 Å². The van der Waals surface area contributed by atoms with E-state index in [0.29, 0.717) is 13.0 Å². The van der Waals surface area contributed by atoms with E-state index in [0.717, 1.165) is 25.4 Å². The number of nitrogens with one attached hydrogen (secondary N) is 1. The number of benzene rings is 1. The molecule has 1 fully saturated rings. The number of hydrogen-bond acceptors (Lipinski definition) is 3. The van der Waals surface area contributed by atoms with Crippen molar-refractivity contribution >= 4 is 5.91 Å². The molecular weight excluding hydrogens is 252 g/mol. The number of rotatable bonds is 4. The Hall–Kier alpha value is -1.55. The highest BCUT2D eigenvalue weighted by Crippen LogP contribution is 2.16. The first-order valence-corrected chi connectivity index (χ1v) is 7.27. The first-order valence-electron chi connectivity index (χ1n) is 7.27. The molecule has 1 heterocycles. The minimum Gasteiger partial charge on any atom is -0.493 e. The van der Waals surface area contributed by atoms with Gasteiger partial charge < -0.3 is 15.0 Å². The van der Waals surface area contributed by atoms with Gasteiger partial charge in [-0.2, -0.15) is 0 Å². The van der Waals surface area contributed by atoms with Crippen LogP contribution in [0.4, 0.5) is 0 Å². The average Bonchev–Trinajstić information content (AvgIpc) is 2.38. The summed E-state index contributed by atoms with van der Waals surface area (Å²) in [6.07, 6.45) is 0.442. The summed E-state index contributed by atoms with van der Waals surface area (Å²) in [6, 6.07) is 6.40. The number of piperazine rings is 1. The number of aryl methyl sites for hydroxylation is 2. The van der Waals surface area contributed by atoms with E-state index in [1.807, 2.05) is 30.9 Å². The zero-order valence-electron chi connectivity index (χ0n) is 12.6. The lowest BCUT2D eigenvalue weighted by Crippen LogP contribution is -2.52. The maximum Gasteiger partial charge on any atom is 0.226 e. The van der Waals surface area contributed by atoms with Crippen LogP contribution < -0.4 is 10.1 Å². The summed E-state index contributed by atoms with van der Waals surface area (Å²) in [5.41, 5.74) is 2.36. The van der Waals surface area contributed by atoms with Crippen molar-refractivity contribution in [1.82, 2.24) is 10.2 Å². The van der Waals surface area contributed by atoms with E-state index < -0.39 is 0 Å². The molecule has 110 valence electrons. The fraction of sp³-hybridized carbons (Fsp3) is 0.562. The first-order chi connectivity index (χ1) is 9.56. The zero-order chi connectivity index (χ0) is 14.5. The van der Waals surface area contributed by atoms with Gasteiger partial charge in [-0.3, -0.25) is 4.79 Å². The standard InChI is InChI=1S/C16H24N2O2/c1-12-8-13(2)10-15(9-12)20-7-4-16(19)18-6-5-17-11-14(18)3/h8-10,14,17H,4-7,11H2,1-3H3/t14-/m0/s1. The van der Waals surface area contributed by atoms with E-state index in [4.69, 9.17) is 4.74 Å². The summed E-state index contributed by atoms with van der Waals surface area (Å²) < 4.78 is 5.70. The Kier molecular flexibility index (Phi) is 5.01. The highest BCUT2D eigenvalue weighted by Gasteiger charge is 2.22. The topological polar surface area (TPSA) is 41.6 Å². The normalized spacial score (nSPS) is 18.9. The molecule has 4 heteroatoms. The maximum atomic E-state index is 12.2. The summed E-state index contributed by atoms with van der Waals surface area (Å²) in [4.78, 5) is 14.1. The lowest BCUT2D eigenvalue weighted by Gasteiger charge is -2.34. The van der Waals surface area contributed by atoms with Gasteiger partial charge in [0.25, 0.3) is 0 Å². The lowest BCUT2D eigenvalue weighted by atomic mass is 10.1. The monoisotopic (exact) mass is 276 g/mol. The van der Waals surface area contributed by atoms with Crippen molar-refractivity contribution in [2.75, 3.05) is 26.2 Å². The summed E-state index contributed by atoms with van der Waals surface area (Å²) in [6.45, 7) is 9.18. The Morgan fingerprint density at radius 3 is 2.70 bits per heavy atom. The van der Waals surface area contributed by atoms with Crippen molar-refractivity contribution in [2.24, 2.45) is 0 Å². The number of ether oxygens (including phenoxy) is 1. The van der Waals surface area contributed by atoms with Crippen LogP contribution in [0.5, 0.6) is 5.75 Å². The molecule has 1 amide bonds. The number of nitrogens with zero attached hydrogens (tertiary/aromatic N) is 1. The number of carbonyl (C=O) groups is 1. The maximum absolute atomic E-state index is 12.2. The van der Waals surface area contributed by atoms with Crippen molar-refractivity contribution in [3.8, 4) is 5.75 Å². The van der Waals surface area contributed by atoms with Gasteiger partial charge in [0.1, 0.15) is 5.75 Å². The van der Waals surface area contributed by atoms with Gasteiger partial charge in [0.05, 0.1) is 13.0 Å². The number of amides is 1. The zero-order valence-corrected chi connectivity index (χ0v) is 12.6. The molecule has 1 N–H and O–H groups in total. The van der Waals surface area contributed by atoms with Gasteiger partial charge in [0.15, 0.2) is 0 Å². The first kappa shape index (κ1) is 14.9. The van der Waals surface area contributed by atoms with Gasteiger partial charge >= 0.3 is 0 Å². The molecular formula is C16H24N2O2. The van der Waals surface area contributed by atoms with Crippen molar-refractivity contribution in [2.45, 2.75) is 33.2 Å². The Bertz CT molecular complexity index is 453. The van der Waals surface area contributed by atoms with E-state index in [1.54, 1.807) is 0 Å². The Morgan fingerprint density at radius 2 is 2.05 bits per heavy atom. The van der Waals surface area contributed by atoms with Gasteiger partial charge in [-0.1, -0.05) is 6.07 Å². The fourth-order valence-electron chi connectivity index (χ4n) is 2.63. The predicted molar refractivity (Wildman–Crippen MR) is 80.1 cm³/mol. The smallest absolute Gasteiger partial charge is 0.226 e. The molecule has 1 aromatic rings. The molecule has 0 aromatic heterocycles. The Labute approximate surface area is 121 Å². The van der Waals surface area contributed by atoms with E-state index in [1.165, 1.54) is 11.1 Å². The second-order valence-electron chi connectivity index (χ2n) is 5.56. The van der Waals surface area contributed by atoms with E-state index in [2.05, 4.69) is 18.3 Å². The molecule has 1 aliphatic heterocycles. The van der Waals surface area contributed by atoms with E-state index in [9.17, 15) is 4.79 Å². The lowest BCUT2D eigenvalue weighted by molar-refractivity contribution is -0.134. The van der Waals surface area contributed by atoms with Crippen LogP contribution in [0, 0.1) is 13.8 Å². The third-order valence-corrected chi connectivity index (χ3v) is 3.60. The molecule has 2 rings (SSSR count). The molecule has 0 saturated carbocycles. The predicted octanol–water partition coefficient (Wildman–Crippen LogP) is 1.89. The van der Waals surface area contributed by atoms with Crippen LogP contribution in [0.2, 0.25) is 0 Å². The van der Waals surface area contributed by atoms with Crippen molar-refractivity contribution in [3.63, 3.8) is 0 Å². The van der Waals surface area contributed by atoms with Crippen molar-refractivity contribution in [3.05, 3.63) is 29.3 Å². The molecule has 0 radical (unpaired) electrons. The fourth-order valence-corrected chi connectivity index (χ4v) is 2.63. The van der Waals surface area contributed by atoms with Crippen molar-refractivity contribution < 1.29 is 9.53 Å². The van der Waals surface area contributed by atoms with Gasteiger partial charge in [-0.25, -0.2) is 0 Å². The van der Waals surface area contributed by atoms with Gasteiger partial charge in [0, 0.05) is 25.7 Å². The summed E-state index contributed by atoms with van der Waals surface area (Å²) in [5.74, 6) is 1.03. The van der Waals surface area contributed by atoms with Crippen LogP contribution in [0.15, 0.2) is 18.2 Å².